The maximum atomic E-state index is 12.9. The number of nitro benzene ring substituents is 1. The predicted octanol–water partition coefficient (Wildman–Crippen LogP) is 4.92. The molecule has 0 spiro atoms. The first-order valence-electron chi connectivity index (χ1n) is 9.34. The van der Waals surface area contributed by atoms with Crippen molar-refractivity contribution in [3.05, 3.63) is 77.7 Å². The molecular formula is C21H21N3O3S2. The topological polar surface area (TPSA) is 75.5 Å². The average Bonchev–Trinajstić information content (AvgIpc) is 3.37. The SMILES string of the molecule is Cc1ccc([N+](=O)[O-])c(NC(=O)CN2CCc3sccc3[C@H]2c2cccs2)c1C. The van der Waals surface area contributed by atoms with Gasteiger partial charge in [-0.1, -0.05) is 12.1 Å². The minimum atomic E-state index is -0.449. The van der Waals surface area contributed by atoms with Crippen molar-refractivity contribution in [3.8, 4) is 0 Å². The Morgan fingerprint density at radius 1 is 1.24 bits per heavy atom. The highest BCUT2D eigenvalue weighted by atomic mass is 32.1. The lowest BCUT2D eigenvalue weighted by Gasteiger charge is -2.34. The van der Waals surface area contributed by atoms with Crippen molar-refractivity contribution in [1.82, 2.24) is 4.90 Å². The van der Waals surface area contributed by atoms with Crippen molar-refractivity contribution < 1.29 is 9.72 Å². The molecule has 6 nitrogen and oxygen atoms in total. The van der Waals surface area contributed by atoms with E-state index in [1.165, 1.54) is 21.4 Å². The van der Waals surface area contributed by atoms with Crippen molar-refractivity contribution in [2.75, 3.05) is 18.4 Å². The van der Waals surface area contributed by atoms with Crippen LogP contribution in [-0.4, -0.2) is 28.8 Å². The molecule has 1 N–H and O–H groups in total. The predicted molar refractivity (Wildman–Crippen MR) is 117 cm³/mol. The number of thiophene rings is 2. The minimum absolute atomic E-state index is 0.0457. The van der Waals surface area contributed by atoms with Crippen molar-refractivity contribution in [2.45, 2.75) is 26.3 Å². The van der Waals surface area contributed by atoms with Gasteiger partial charge in [-0.2, -0.15) is 0 Å². The summed E-state index contributed by atoms with van der Waals surface area (Å²) in [4.78, 5) is 28.6. The van der Waals surface area contributed by atoms with Gasteiger partial charge >= 0.3 is 0 Å². The molecule has 0 bridgehead atoms. The van der Waals surface area contributed by atoms with Gasteiger partial charge in [0.1, 0.15) is 5.69 Å². The number of rotatable bonds is 5. The molecule has 3 heterocycles. The molecule has 1 aliphatic rings. The summed E-state index contributed by atoms with van der Waals surface area (Å²) in [6.45, 7) is 4.63. The Hall–Kier alpha value is -2.55. The van der Waals surface area contributed by atoms with E-state index in [-0.39, 0.29) is 24.2 Å². The zero-order valence-electron chi connectivity index (χ0n) is 16.2. The number of nitrogens with zero attached hydrogens (tertiary/aromatic N) is 2. The number of anilines is 1. The molecule has 3 aromatic rings. The summed E-state index contributed by atoms with van der Waals surface area (Å²) in [6, 6.07) is 9.47. The average molecular weight is 428 g/mol. The number of carbonyl (C=O) groups excluding carboxylic acids is 1. The van der Waals surface area contributed by atoms with Crippen LogP contribution in [0.4, 0.5) is 11.4 Å². The molecule has 1 atom stereocenters. The Morgan fingerprint density at radius 2 is 2.07 bits per heavy atom. The van der Waals surface area contributed by atoms with Crippen LogP contribution in [0.1, 0.15) is 32.5 Å². The van der Waals surface area contributed by atoms with Gasteiger partial charge in [-0.05, 0) is 59.9 Å². The Morgan fingerprint density at radius 3 is 2.79 bits per heavy atom. The normalized spacial score (nSPS) is 16.4. The fraction of sp³-hybridized carbons (Fsp3) is 0.286. The van der Waals surface area contributed by atoms with Crippen molar-refractivity contribution in [3.63, 3.8) is 0 Å². The Bertz CT molecular complexity index is 1060. The van der Waals surface area contributed by atoms with Crippen LogP contribution in [0.2, 0.25) is 0 Å². The van der Waals surface area contributed by atoms with E-state index >= 15 is 0 Å². The Balaban J connectivity index is 1.59. The van der Waals surface area contributed by atoms with Gasteiger partial charge in [-0.25, -0.2) is 0 Å². The molecule has 1 aliphatic heterocycles. The molecule has 1 amide bonds. The number of hydrogen-bond donors (Lipinski definition) is 1. The van der Waals surface area contributed by atoms with Gasteiger partial charge in [0.05, 0.1) is 17.5 Å². The standard InChI is InChI=1S/C21H21N3O3S2/c1-13-5-6-16(24(26)27)20(14(13)2)22-19(25)12-23-9-7-17-15(8-11-29-17)21(23)18-4-3-10-28-18/h3-6,8,10-11,21H,7,9,12H2,1-2H3,(H,22,25)/t21-/m0/s1. The molecule has 0 radical (unpaired) electrons. The number of carbonyl (C=O) groups is 1. The van der Waals surface area contributed by atoms with E-state index in [2.05, 4.69) is 27.7 Å². The second kappa shape index (κ2) is 8.06. The zero-order valence-corrected chi connectivity index (χ0v) is 17.8. The maximum absolute atomic E-state index is 12.9. The van der Waals surface area contributed by atoms with Gasteiger partial charge in [-0.3, -0.25) is 19.8 Å². The van der Waals surface area contributed by atoms with Crippen LogP contribution in [0.15, 0.2) is 41.1 Å². The third-order valence-electron chi connectivity index (χ3n) is 5.40. The van der Waals surface area contributed by atoms with Crippen molar-refractivity contribution >= 4 is 40.0 Å². The second-order valence-corrected chi connectivity index (χ2v) is 9.12. The Kier molecular flexibility index (Phi) is 5.49. The fourth-order valence-corrected chi connectivity index (χ4v) is 5.57. The number of fused-ring (bicyclic) bond motifs is 1. The number of nitrogens with one attached hydrogen (secondary N) is 1. The molecular weight excluding hydrogens is 406 g/mol. The lowest BCUT2D eigenvalue weighted by molar-refractivity contribution is -0.384. The zero-order chi connectivity index (χ0) is 20.5. The van der Waals surface area contributed by atoms with Gasteiger partial charge < -0.3 is 5.32 Å². The highest BCUT2D eigenvalue weighted by molar-refractivity contribution is 7.10. The summed E-state index contributed by atoms with van der Waals surface area (Å²) < 4.78 is 0. The van der Waals surface area contributed by atoms with Crippen molar-refractivity contribution in [2.24, 2.45) is 0 Å². The van der Waals surface area contributed by atoms with Gasteiger partial charge in [-0.15, -0.1) is 22.7 Å². The number of nitro groups is 1. The summed E-state index contributed by atoms with van der Waals surface area (Å²) >= 11 is 3.45. The minimum Gasteiger partial charge on any atom is -0.319 e. The van der Waals surface area contributed by atoms with E-state index in [1.807, 2.05) is 18.4 Å². The highest BCUT2D eigenvalue weighted by Crippen LogP contribution is 2.39. The van der Waals surface area contributed by atoms with Gasteiger partial charge in [0, 0.05) is 22.4 Å². The van der Waals surface area contributed by atoms with E-state index in [4.69, 9.17) is 0 Å². The number of hydrogen-bond acceptors (Lipinski definition) is 6. The molecule has 150 valence electrons. The summed E-state index contributed by atoms with van der Waals surface area (Å²) in [6.07, 6.45) is 0.909. The molecule has 1 aromatic carbocycles. The highest BCUT2D eigenvalue weighted by Gasteiger charge is 2.32. The first-order chi connectivity index (χ1) is 14.0. The molecule has 2 aromatic heterocycles. The first-order valence-corrected chi connectivity index (χ1v) is 11.1. The lowest BCUT2D eigenvalue weighted by atomic mass is 9.98. The smallest absolute Gasteiger partial charge is 0.293 e. The van der Waals surface area contributed by atoms with E-state index in [0.717, 1.165) is 24.1 Å². The summed E-state index contributed by atoms with van der Waals surface area (Å²) in [7, 11) is 0. The van der Waals surface area contributed by atoms with Gasteiger partial charge in [0.25, 0.3) is 5.69 Å². The lowest BCUT2D eigenvalue weighted by Crippen LogP contribution is -2.40. The summed E-state index contributed by atoms with van der Waals surface area (Å²) in [5.74, 6) is -0.234. The molecule has 4 rings (SSSR count). The molecule has 29 heavy (non-hydrogen) atoms. The van der Waals surface area contributed by atoms with Crippen LogP contribution in [0.5, 0.6) is 0 Å². The monoisotopic (exact) mass is 427 g/mol. The quantitative estimate of drug-likeness (QED) is 0.463. The first kappa shape index (κ1) is 19.8. The van der Waals surface area contributed by atoms with E-state index in [1.54, 1.807) is 35.7 Å². The van der Waals surface area contributed by atoms with Gasteiger partial charge in [0.2, 0.25) is 5.91 Å². The molecule has 0 unspecified atom stereocenters. The van der Waals surface area contributed by atoms with Gasteiger partial charge in [0.15, 0.2) is 0 Å². The summed E-state index contributed by atoms with van der Waals surface area (Å²) in [5.41, 5.74) is 3.11. The molecule has 8 heteroatoms. The van der Waals surface area contributed by atoms with E-state index < -0.39 is 4.92 Å². The third-order valence-corrected chi connectivity index (χ3v) is 7.32. The fourth-order valence-electron chi connectivity index (χ4n) is 3.79. The molecule has 0 fully saturated rings. The number of aryl methyl sites for hydroxylation is 1. The van der Waals surface area contributed by atoms with Crippen molar-refractivity contribution in [1.29, 1.82) is 0 Å². The largest absolute Gasteiger partial charge is 0.319 e. The second-order valence-electron chi connectivity index (χ2n) is 7.14. The van der Waals surface area contributed by atoms with Crippen LogP contribution < -0.4 is 5.32 Å². The van der Waals surface area contributed by atoms with Crippen LogP contribution in [0.3, 0.4) is 0 Å². The summed E-state index contributed by atoms with van der Waals surface area (Å²) in [5, 5.41) is 18.4. The van der Waals surface area contributed by atoms with Crippen LogP contribution >= 0.6 is 22.7 Å². The van der Waals surface area contributed by atoms with E-state index in [0.29, 0.717) is 5.69 Å². The maximum Gasteiger partial charge on any atom is 0.293 e. The molecule has 0 saturated carbocycles. The third kappa shape index (κ3) is 3.83. The molecule has 0 saturated heterocycles. The van der Waals surface area contributed by atoms with Crippen LogP contribution in [0, 0.1) is 24.0 Å². The molecule has 0 aliphatic carbocycles. The Labute approximate surface area is 176 Å². The van der Waals surface area contributed by atoms with Crippen LogP contribution in [-0.2, 0) is 11.2 Å². The van der Waals surface area contributed by atoms with E-state index in [9.17, 15) is 14.9 Å². The number of benzene rings is 1. The van der Waals surface area contributed by atoms with Crippen LogP contribution in [0.25, 0.3) is 0 Å². The number of amides is 1.